The largest absolute Gasteiger partial charge is 0.453 e. The van der Waals surface area contributed by atoms with Crippen LogP contribution >= 0.6 is 0 Å². The van der Waals surface area contributed by atoms with Crippen molar-refractivity contribution < 1.29 is 27.4 Å². The number of primary sulfonamides is 1. The van der Waals surface area contributed by atoms with E-state index in [1.54, 1.807) is 0 Å². The molecule has 9 heteroatoms. The highest BCUT2D eigenvalue weighted by Crippen LogP contribution is 2.16. The van der Waals surface area contributed by atoms with Crippen LogP contribution < -0.4 is 5.14 Å². The maximum atomic E-state index is 12.0. The monoisotopic (exact) mass is 304 g/mol. The van der Waals surface area contributed by atoms with E-state index in [-0.39, 0.29) is 16.7 Å². The molecular weight excluding hydrogens is 288 g/mol. The Morgan fingerprint density at radius 1 is 1.55 bits per heavy atom. The number of nitrogens with zero attached hydrogens (tertiary/aromatic N) is 1. The summed E-state index contributed by atoms with van der Waals surface area (Å²) in [6, 6.07) is 1.20. The lowest BCUT2D eigenvalue weighted by Crippen LogP contribution is -2.38. The molecule has 0 spiro atoms. The van der Waals surface area contributed by atoms with E-state index in [1.165, 1.54) is 23.9 Å². The average Bonchev–Trinajstić information content (AvgIpc) is 2.75. The van der Waals surface area contributed by atoms with Gasteiger partial charge in [-0.1, -0.05) is 0 Å². The molecule has 1 aliphatic rings. The van der Waals surface area contributed by atoms with Gasteiger partial charge in [-0.25, -0.2) is 18.4 Å². The summed E-state index contributed by atoms with van der Waals surface area (Å²) in [7, 11) is -2.37. The lowest BCUT2D eigenvalue weighted by atomic mass is 10.3. The van der Waals surface area contributed by atoms with E-state index in [0.29, 0.717) is 26.4 Å². The summed E-state index contributed by atoms with van der Waals surface area (Å²) in [4.78, 5) is 11.9. The van der Waals surface area contributed by atoms with Crippen molar-refractivity contribution in [3.8, 4) is 0 Å². The number of methoxy groups -OCH3 is 1. The number of aromatic nitrogens is 1. The van der Waals surface area contributed by atoms with E-state index in [2.05, 4.69) is 0 Å². The van der Waals surface area contributed by atoms with Gasteiger partial charge in [0.25, 0.3) is 0 Å². The minimum atomic E-state index is -3.88. The number of hydrogen-bond acceptors (Lipinski definition) is 6. The number of rotatable bonds is 6. The maximum Gasteiger partial charge on any atom is 0.355 e. The van der Waals surface area contributed by atoms with Crippen molar-refractivity contribution in [1.82, 2.24) is 4.57 Å². The fourth-order valence-corrected chi connectivity index (χ4v) is 2.23. The molecule has 112 valence electrons. The van der Waals surface area contributed by atoms with Gasteiger partial charge in [-0.15, -0.1) is 0 Å². The van der Waals surface area contributed by atoms with Gasteiger partial charge in [-0.2, -0.15) is 0 Å². The lowest BCUT2D eigenvalue weighted by molar-refractivity contribution is -0.103. The molecule has 0 aliphatic carbocycles. The lowest BCUT2D eigenvalue weighted by Gasteiger charge is -2.25. The molecule has 2 rings (SSSR count). The number of ether oxygens (including phenoxy) is 3. The summed E-state index contributed by atoms with van der Waals surface area (Å²) < 4.78 is 39.1. The van der Waals surface area contributed by atoms with Crippen LogP contribution in [0.15, 0.2) is 17.2 Å². The first-order chi connectivity index (χ1) is 9.41. The Hall–Kier alpha value is -1.42. The molecule has 2 heterocycles. The molecule has 20 heavy (non-hydrogen) atoms. The molecule has 1 aromatic rings. The van der Waals surface area contributed by atoms with Crippen molar-refractivity contribution in [2.75, 3.05) is 26.9 Å². The first-order valence-electron chi connectivity index (χ1n) is 5.92. The van der Waals surface area contributed by atoms with Crippen LogP contribution in [0.2, 0.25) is 0 Å². The molecule has 1 saturated heterocycles. The zero-order valence-corrected chi connectivity index (χ0v) is 11.8. The first kappa shape index (κ1) is 15.0. The van der Waals surface area contributed by atoms with E-state index in [9.17, 15) is 13.2 Å². The minimum Gasteiger partial charge on any atom is -0.453 e. The summed E-state index contributed by atoms with van der Waals surface area (Å²) in [6.45, 7) is 1.35. The number of hydrogen-bond donors (Lipinski definition) is 1. The molecule has 2 N–H and O–H groups in total. The Morgan fingerprint density at radius 2 is 2.25 bits per heavy atom. The molecule has 0 saturated carbocycles. The Bertz CT molecular complexity index is 590. The van der Waals surface area contributed by atoms with Crippen LogP contribution in [-0.4, -0.2) is 52.0 Å². The quantitative estimate of drug-likeness (QED) is 0.698. The molecule has 0 amide bonds. The van der Waals surface area contributed by atoms with Crippen molar-refractivity contribution in [3.63, 3.8) is 0 Å². The number of carbonyl (C=O) groups excluding carboxylic acids is 1. The molecule has 0 aromatic carbocycles. The highest BCUT2D eigenvalue weighted by molar-refractivity contribution is 7.89. The van der Waals surface area contributed by atoms with Crippen LogP contribution in [0.3, 0.4) is 0 Å². The molecule has 0 bridgehead atoms. The van der Waals surface area contributed by atoms with Gasteiger partial charge in [0.2, 0.25) is 10.0 Å². The predicted octanol–water partition coefficient (Wildman–Crippen LogP) is -0.662. The van der Waals surface area contributed by atoms with Gasteiger partial charge in [-0.05, 0) is 6.07 Å². The minimum absolute atomic E-state index is 0.123. The van der Waals surface area contributed by atoms with Crippen LogP contribution in [0, 0.1) is 0 Å². The van der Waals surface area contributed by atoms with Gasteiger partial charge >= 0.3 is 5.97 Å². The van der Waals surface area contributed by atoms with Crippen LogP contribution in [0.4, 0.5) is 0 Å². The Balaban J connectivity index is 2.23. The smallest absolute Gasteiger partial charge is 0.355 e. The van der Waals surface area contributed by atoms with Crippen molar-refractivity contribution >= 4 is 16.0 Å². The zero-order valence-electron chi connectivity index (χ0n) is 10.9. The number of esters is 1. The molecular formula is C11H16N2O6S. The fourth-order valence-electron chi connectivity index (χ4n) is 1.68. The summed E-state index contributed by atoms with van der Waals surface area (Å²) in [5, 5.41) is 5.06. The van der Waals surface area contributed by atoms with E-state index in [4.69, 9.17) is 19.3 Å². The van der Waals surface area contributed by atoms with Crippen LogP contribution in [-0.2, 0) is 30.8 Å². The third-order valence-corrected chi connectivity index (χ3v) is 3.71. The number of carbonyl (C=O) groups is 1. The van der Waals surface area contributed by atoms with Crippen molar-refractivity contribution in [3.05, 3.63) is 18.0 Å². The number of nitrogens with two attached hydrogens (primary N) is 1. The third-order valence-electron chi connectivity index (χ3n) is 2.83. The van der Waals surface area contributed by atoms with E-state index in [0.717, 1.165) is 0 Å². The Morgan fingerprint density at radius 3 is 2.75 bits per heavy atom. The normalized spacial score (nSPS) is 15.9. The Kier molecular flexibility index (Phi) is 4.43. The second kappa shape index (κ2) is 5.92. The molecule has 8 nitrogen and oxygen atoms in total. The number of sulfonamides is 1. The second-order valence-corrected chi connectivity index (χ2v) is 5.92. The zero-order chi connectivity index (χ0) is 14.8. The third kappa shape index (κ3) is 3.37. The highest BCUT2D eigenvalue weighted by atomic mass is 32.2. The highest BCUT2D eigenvalue weighted by Gasteiger charge is 2.26. The molecule has 0 unspecified atom stereocenters. The van der Waals surface area contributed by atoms with Gasteiger partial charge in [0, 0.05) is 19.9 Å². The molecule has 0 radical (unpaired) electrons. The van der Waals surface area contributed by atoms with Crippen molar-refractivity contribution in [1.29, 1.82) is 0 Å². The molecule has 1 aromatic heterocycles. The van der Waals surface area contributed by atoms with Crippen LogP contribution in [0.25, 0.3) is 0 Å². The molecule has 1 fully saturated rings. The maximum absolute atomic E-state index is 12.0. The standard InChI is InChI=1S/C11H16N2O6S/c1-17-3-2-13-5-9(20(12,15)16)4-10(13)11(14)19-8-6-18-7-8/h4-5,8H,2-3,6-7H2,1H3,(H2,12,15,16). The Labute approximate surface area is 116 Å². The van der Waals surface area contributed by atoms with Gasteiger partial charge in [0.15, 0.2) is 0 Å². The first-order valence-corrected chi connectivity index (χ1v) is 7.47. The fraction of sp³-hybridized carbons (Fsp3) is 0.545. The van der Waals surface area contributed by atoms with Gasteiger partial charge < -0.3 is 18.8 Å². The van der Waals surface area contributed by atoms with Gasteiger partial charge in [0.05, 0.1) is 19.8 Å². The summed E-state index contributed by atoms with van der Waals surface area (Å²) in [5.41, 5.74) is 0.123. The summed E-state index contributed by atoms with van der Waals surface area (Å²) in [6.07, 6.45) is 1.01. The SMILES string of the molecule is COCCn1cc(S(N)(=O)=O)cc1C(=O)OC1COC1. The summed E-state index contributed by atoms with van der Waals surface area (Å²) in [5.74, 6) is -0.607. The molecule has 1 aliphatic heterocycles. The van der Waals surface area contributed by atoms with E-state index < -0.39 is 16.0 Å². The predicted molar refractivity (Wildman–Crippen MR) is 67.7 cm³/mol. The van der Waals surface area contributed by atoms with Crippen molar-refractivity contribution in [2.24, 2.45) is 5.14 Å². The second-order valence-electron chi connectivity index (χ2n) is 4.36. The average molecular weight is 304 g/mol. The van der Waals surface area contributed by atoms with E-state index in [1.807, 2.05) is 0 Å². The summed E-state index contributed by atoms with van der Waals surface area (Å²) >= 11 is 0. The van der Waals surface area contributed by atoms with Crippen molar-refractivity contribution in [2.45, 2.75) is 17.5 Å². The van der Waals surface area contributed by atoms with E-state index >= 15 is 0 Å². The van der Waals surface area contributed by atoms with Crippen LogP contribution in [0.5, 0.6) is 0 Å². The van der Waals surface area contributed by atoms with Crippen LogP contribution in [0.1, 0.15) is 10.5 Å². The molecule has 0 atom stereocenters. The van der Waals surface area contributed by atoms with Gasteiger partial charge in [-0.3, -0.25) is 0 Å². The van der Waals surface area contributed by atoms with Gasteiger partial charge in [0.1, 0.15) is 16.7 Å². The topological polar surface area (TPSA) is 110 Å².